The van der Waals surface area contributed by atoms with E-state index in [-0.39, 0.29) is 13.2 Å². The predicted molar refractivity (Wildman–Crippen MR) is 50.1 cm³/mol. The molecule has 0 aliphatic heterocycles. The van der Waals surface area contributed by atoms with Crippen molar-refractivity contribution < 1.29 is 32.1 Å². The standard InChI is InChI=1S/C9H17F3O4/c1-2-13-3-4-14-5-6-15-7-8-16-9(10,11)12/h2-8H2,1H3. The molecular weight excluding hydrogens is 229 g/mol. The molecule has 7 heteroatoms. The third kappa shape index (κ3) is 13.6. The summed E-state index contributed by atoms with van der Waals surface area (Å²) in [6.07, 6.45) is -4.59. The van der Waals surface area contributed by atoms with Crippen LogP contribution in [0.4, 0.5) is 13.2 Å². The number of rotatable bonds is 10. The average molecular weight is 246 g/mol. The van der Waals surface area contributed by atoms with Crippen LogP contribution in [0.1, 0.15) is 6.92 Å². The summed E-state index contributed by atoms with van der Waals surface area (Å²) in [5.74, 6) is 0. The van der Waals surface area contributed by atoms with Gasteiger partial charge in [0.2, 0.25) is 0 Å². The first-order chi connectivity index (χ1) is 7.56. The molecular formula is C9H17F3O4. The molecule has 0 N–H and O–H groups in total. The number of hydrogen-bond acceptors (Lipinski definition) is 4. The van der Waals surface area contributed by atoms with Gasteiger partial charge in [-0.1, -0.05) is 0 Å². The minimum atomic E-state index is -4.59. The Morgan fingerprint density at radius 2 is 1.19 bits per heavy atom. The van der Waals surface area contributed by atoms with E-state index in [0.717, 1.165) is 0 Å². The van der Waals surface area contributed by atoms with Crippen LogP contribution in [-0.2, 0) is 18.9 Å². The lowest BCUT2D eigenvalue weighted by Crippen LogP contribution is -2.18. The molecule has 0 aliphatic carbocycles. The quantitative estimate of drug-likeness (QED) is 0.548. The Morgan fingerprint density at radius 3 is 1.62 bits per heavy atom. The van der Waals surface area contributed by atoms with E-state index in [1.165, 1.54) is 0 Å². The summed E-state index contributed by atoms with van der Waals surface area (Å²) in [4.78, 5) is 0. The molecule has 0 fully saturated rings. The first kappa shape index (κ1) is 15.6. The Morgan fingerprint density at radius 1 is 0.750 bits per heavy atom. The van der Waals surface area contributed by atoms with E-state index in [9.17, 15) is 13.2 Å². The van der Waals surface area contributed by atoms with Gasteiger partial charge in [0.05, 0.1) is 39.6 Å². The third-order valence-corrected chi connectivity index (χ3v) is 1.44. The van der Waals surface area contributed by atoms with Crippen LogP contribution in [0.25, 0.3) is 0 Å². The SMILES string of the molecule is CCOCCOCCOCCOC(F)(F)F. The van der Waals surface area contributed by atoms with Crippen molar-refractivity contribution in [1.29, 1.82) is 0 Å². The monoisotopic (exact) mass is 246 g/mol. The summed E-state index contributed by atoms with van der Waals surface area (Å²) in [5.41, 5.74) is 0. The molecule has 0 rings (SSSR count). The second kappa shape index (κ2) is 9.83. The van der Waals surface area contributed by atoms with E-state index < -0.39 is 13.0 Å². The Bertz CT molecular complexity index is 152. The summed E-state index contributed by atoms with van der Waals surface area (Å²) in [7, 11) is 0. The molecule has 0 bridgehead atoms. The van der Waals surface area contributed by atoms with Gasteiger partial charge in [0.25, 0.3) is 0 Å². The van der Waals surface area contributed by atoms with E-state index in [1.54, 1.807) is 0 Å². The second-order valence-electron chi connectivity index (χ2n) is 2.72. The van der Waals surface area contributed by atoms with Crippen LogP contribution in [-0.4, -0.2) is 52.6 Å². The highest BCUT2D eigenvalue weighted by atomic mass is 19.4. The minimum Gasteiger partial charge on any atom is -0.379 e. The third-order valence-electron chi connectivity index (χ3n) is 1.44. The Kier molecular flexibility index (Phi) is 9.60. The molecule has 0 aromatic rings. The van der Waals surface area contributed by atoms with Gasteiger partial charge in [0, 0.05) is 6.61 Å². The molecule has 98 valence electrons. The van der Waals surface area contributed by atoms with E-state index in [0.29, 0.717) is 26.4 Å². The number of hydrogen-bond donors (Lipinski definition) is 0. The molecule has 0 aromatic heterocycles. The van der Waals surface area contributed by atoms with Crippen molar-refractivity contribution in [3.05, 3.63) is 0 Å². The van der Waals surface area contributed by atoms with E-state index in [1.807, 2.05) is 6.92 Å². The number of alkyl halides is 3. The summed E-state index contributed by atoms with van der Waals surface area (Å²) in [6.45, 7) is 3.45. The normalized spacial score (nSPS) is 12.0. The zero-order valence-corrected chi connectivity index (χ0v) is 9.22. The molecule has 0 heterocycles. The van der Waals surface area contributed by atoms with Crippen molar-refractivity contribution in [2.45, 2.75) is 13.3 Å². The lowest BCUT2D eigenvalue weighted by molar-refractivity contribution is -0.327. The fourth-order valence-electron chi connectivity index (χ4n) is 0.800. The van der Waals surface area contributed by atoms with Crippen molar-refractivity contribution >= 4 is 0 Å². The Balaban J connectivity index is 2.99. The molecule has 0 saturated heterocycles. The summed E-state index contributed by atoms with van der Waals surface area (Å²) >= 11 is 0. The van der Waals surface area contributed by atoms with Gasteiger partial charge in [-0.05, 0) is 6.92 Å². The van der Waals surface area contributed by atoms with Gasteiger partial charge in [-0.15, -0.1) is 13.2 Å². The molecule has 0 unspecified atom stereocenters. The van der Waals surface area contributed by atoms with Crippen LogP contribution in [0.5, 0.6) is 0 Å². The highest BCUT2D eigenvalue weighted by molar-refractivity contribution is 4.35. The molecule has 0 aromatic carbocycles. The van der Waals surface area contributed by atoms with Gasteiger partial charge in [-0.2, -0.15) is 0 Å². The molecule has 0 spiro atoms. The lowest BCUT2D eigenvalue weighted by atomic mass is 10.7. The first-order valence-electron chi connectivity index (χ1n) is 5.00. The highest BCUT2D eigenvalue weighted by Crippen LogP contribution is 2.15. The fourth-order valence-corrected chi connectivity index (χ4v) is 0.800. The maximum Gasteiger partial charge on any atom is 0.522 e. The van der Waals surface area contributed by atoms with E-state index in [2.05, 4.69) is 4.74 Å². The topological polar surface area (TPSA) is 36.9 Å². The fraction of sp³-hybridized carbons (Fsp3) is 1.00. The number of halogens is 3. The molecule has 16 heavy (non-hydrogen) atoms. The van der Waals surface area contributed by atoms with Gasteiger partial charge in [-0.25, -0.2) is 0 Å². The average Bonchev–Trinajstić information content (AvgIpc) is 2.19. The molecule has 0 radical (unpaired) electrons. The van der Waals surface area contributed by atoms with Crippen molar-refractivity contribution in [3.8, 4) is 0 Å². The predicted octanol–water partition coefficient (Wildman–Crippen LogP) is 1.59. The summed E-state index contributed by atoms with van der Waals surface area (Å²) < 4.78 is 52.9. The van der Waals surface area contributed by atoms with Crippen molar-refractivity contribution in [3.63, 3.8) is 0 Å². The first-order valence-corrected chi connectivity index (χ1v) is 5.00. The minimum absolute atomic E-state index is 0.103. The molecule has 4 nitrogen and oxygen atoms in total. The molecule has 0 saturated carbocycles. The van der Waals surface area contributed by atoms with Crippen molar-refractivity contribution in [2.24, 2.45) is 0 Å². The van der Waals surface area contributed by atoms with E-state index in [4.69, 9.17) is 14.2 Å². The Hall–Kier alpha value is -0.370. The zero-order chi connectivity index (χ0) is 12.3. The summed E-state index contributed by atoms with van der Waals surface area (Å²) in [5, 5.41) is 0. The highest BCUT2D eigenvalue weighted by Gasteiger charge is 2.28. The van der Waals surface area contributed by atoms with E-state index >= 15 is 0 Å². The Labute approximate surface area is 92.6 Å². The van der Waals surface area contributed by atoms with Crippen molar-refractivity contribution in [2.75, 3.05) is 46.2 Å². The zero-order valence-electron chi connectivity index (χ0n) is 9.22. The van der Waals surface area contributed by atoms with Crippen LogP contribution in [0.2, 0.25) is 0 Å². The maximum atomic E-state index is 11.5. The largest absolute Gasteiger partial charge is 0.522 e. The van der Waals surface area contributed by atoms with Gasteiger partial charge in [-0.3, -0.25) is 4.74 Å². The smallest absolute Gasteiger partial charge is 0.379 e. The van der Waals surface area contributed by atoms with Gasteiger partial charge >= 0.3 is 6.36 Å². The van der Waals surface area contributed by atoms with Crippen LogP contribution in [0.15, 0.2) is 0 Å². The van der Waals surface area contributed by atoms with Crippen LogP contribution < -0.4 is 0 Å². The van der Waals surface area contributed by atoms with Gasteiger partial charge in [0.15, 0.2) is 0 Å². The van der Waals surface area contributed by atoms with Crippen LogP contribution in [0.3, 0.4) is 0 Å². The van der Waals surface area contributed by atoms with Crippen LogP contribution in [0, 0.1) is 0 Å². The molecule has 0 aliphatic rings. The molecule has 0 atom stereocenters. The lowest BCUT2D eigenvalue weighted by Gasteiger charge is -2.08. The summed E-state index contributed by atoms with van der Waals surface area (Å²) in [6, 6.07) is 0. The second-order valence-corrected chi connectivity index (χ2v) is 2.72. The van der Waals surface area contributed by atoms with Crippen molar-refractivity contribution in [1.82, 2.24) is 0 Å². The molecule has 0 amide bonds. The maximum absolute atomic E-state index is 11.5. The van der Waals surface area contributed by atoms with Gasteiger partial charge < -0.3 is 14.2 Å². The van der Waals surface area contributed by atoms with Crippen LogP contribution >= 0.6 is 0 Å². The number of ether oxygens (including phenoxy) is 4. The van der Waals surface area contributed by atoms with Gasteiger partial charge in [0.1, 0.15) is 0 Å².